The highest BCUT2D eigenvalue weighted by Crippen LogP contribution is 2.48. The first-order chi connectivity index (χ1) is 14.3. The lowest BCUT2D eigenvalue weighted by molar-refractivity contribution is -0.0511. The summed E-state index contributed by atoms with van der Waals surface area (Å²) in [7, 11) is 0. The number of benzene rings is 1. The van der Waals surface area contributed by atoms with Crippen LogP contribution in [0.4, 0.5) is 4.79 Å². The second-order valence-corrected chi connectivity index (χ2v) is 8.08. The first-order valence-corrected chi connectivity index (χ1v) is 11.4. The summed E-state index contributed by atoms with van der Waals surface area (Å²) in [6.45, 7) is 17.3. The number of aliphatic hydroxyl groups excluding tert-OH is 1. The molecule has 1 aromatic rings. The predicted octanol–water partition coefficient (Wildman–Crippen LogP) is 5.76. The molecule has 1 aliphatic carbocycles. The summed E-state index contributed by atoms with van der Waals surface area (Å²) >= 11 is 0. The Kier molecular flexibility index (Phi) is 10.1. The Morgan fingerprint density at radius 2 is 1.70 bits per heavy atom. The van der Waals surface area contributed by atoms with Crippen LogP contribution in [0.3, 0.4) is 0 Å². The number of fused-ring (bicyclic) bond motifs is 2. The largest absolute Gasteiger partial charge is 0.444 e. The number of likely N-dealkylation sites (tertiary alicyclic amines) is 1. The molecule has 0 radical (unpaired) electrons. The van der Waals surface area contributed by atoms with Crippen LogP contribution in [0.5, 0.6) is 0 Å². The maximum atomic E-state index is 12.3. The van der Waals surface area contributed by atoms with E-state index in [1.807, 2.05) is 73.6 Å². The fourth-order valence-corrected chi connectivity index (χ4v) is 3.90. The number of hydrogen-bond acceptors (Lipinski definition) is 4. The van der Waals surface area contributed by atoms with Gasteiger partial charge in [0.2, 0.25) is 0 Å². The second kappa shape index (κ2) is 11.5. The Balaban J connectivity index is 0.00000106. The Bertz CT molecular complexity index is 697. The lowest BCUT2D eigenvalue weighted by Crippen LogP contribution is -2.45. The topological polar surface area (TPSA) is 59.0 Å². The van der Waals surface area contributed by atoms with Gasteiger partial charge in [-0.15, -0.1) is 0 Å². The third-order valence-corrected chi connectivity index (χ3v) is 5.10. The van der Waals surface area contributed by atoms with E-state index in [9.17, 15) is 9.90 Å². The number of amides is 1. The summed E-state index contributed by atoms with van der Waals surface area (Å²) in [4.78, 5) is 14.1. The first kappa shape index (κ1) is 26.2. The fraction of sp³-hybridized carbons (Fsp3) is 0.640. The van der Waals surface area contributed by atoms with Gasteiger partial charge in [0.25, 0.3) is 0 Å². The summed E-state index contributed by atoms with van der Waals surface area (Å²) in [5.41, 5.74) is 2.48. The molecule has 0 saturated carbocycles. The number of nitrogens with zero attached hydrogens (tertiary/aromatic N) is 1. The number of ether oxygens (including phenoxy) is 2. The molecule has 1 spiro atoms. The van der Waals surface area contributed by atoms with E-state index in [-0.39, 0.29) is 11.5 Å². The molecule has 1 N–H and O–H groups in total. The smallest absolute Gasteiger partial charge is 0.410 e. The number of carbonyl (C=O) groups is 1. The maximum Gasteiger partial charge on any atom is 0.410 e. The highest BCUT2D eigenvalue weighted by molar-refractivity contribution is 5.78. The van der Waals surface area contributed by atoms with E-state index < -0.39 is 11.9 Å². The number of aliphatic hydroxyl groups is 1. The van der Waals surface area contributed by atoms with E-state index in [1.54, 1.807) is 4.90 Å². The lowest BCUT2D eigenvalue weighted by atomic mass is 9.74. The van der Waals surface area contributed by atoms with Crippen molar-refractivity contribution in [2.75, 3.05) is 19.7 Å². The molecule has 1 aromatic carbocycles. The Labute approximate surface area is 183 Å². The molecule has 1 saturated heterocycles. The van der Waals surface area contributed by atoms with E-state index in [1.165, 1.54) is 5.56 Å². The third-order valence-electron chi connectivity index (χ3n) is 5.10. The number of allylic oxidation sites excluding steroid dienone is 1. The molecule has 3 rings (SSSR count). The molecule has 1 amide bonds. The van der Waals surface area contributed by atoms with Crippen LogP contribution in [0, 0.1) is 0 Å². The molecule has 5 heteroatoms. The van der Waals surface area contributed by atoms with Gasteiger partial charge in [0.15, 0.2) is 6.29 Å². The number of piperidine rings is 1. The van der Waals surface area contributed by atoms with E-state index >= 15 is 0 Å². The zero-order valence-corrected chi connectivity index (χ0v) is 20.1. The van der Waals surface area contributed by atoms with Crippen LogP contribution in [0.1, 0.15) is 79.4 Å². The van der Waals surface area contributed by atoms with Crippen molar-refractivity contribution in [2.45, 2.75) is 85.5 Å². The fourth-order valence-electron chi connectivity index (χ4n) is 3.90. The third kappa shape index (κ3) is 6.08. The molecule has 170 valence electrons. The number of rotatable bonds is 3. The van der Waals surface area contributed by atoms with Gasteiger partial charge in [-0.3, -0.25) is 0 Å². The monoisotopic (exact) mass is 419 g/mol. The van der Waals surface area contributed by atoms with E-state index in [0.717, 1.165) is 24.0 Å². The van der Waals surface area contributed by atoms with E-state index in [4.69, 9.17) is 9.47 Å². The molecule has 5 nitrogen and oxygen atoms in total. The Morgan fingerprint density at radius 3 is 2.23 bits per heavy atom. The lowest BCUT2D eigenvalue weighted by Gasteiger charge is -2.39. The molecular formula is C25H41NO4. The van der Waals surface area contributed by atoms with Crippen molar-refractivity contribution in [1.82, 2.24) is 4.90 Å². The highest BCUT2D eigenvalue weighted by Gasteiger charge is 2.43. The minimum absolute atomic E-state index is 0.150. The SMILES string of the molecule is CC.CC.CCOC(O)C1=CC2(CCN(C(=O)OC(C)(C)C)CC2)c2ccccc21. The van der Waals surface area contributed by atoms with Gasteiger partial charge in [-0.05, 0) is 51.7 Å². The molecule has 1 unspecified atom stereocenters. The molecule has 30 heavy (non-hydrogen) atoms. The average molecular weight is 420 g/mol. The normalized spacial score (nSPS) is 17.6. The van der Waals surface area contributed by atoms with Crippen molar-refractivity contribution < 1.29 is 19.4 Å². The second-order valence-electron chi connectivity index (χ2n) is 8.08. The molecule has 1 aliphatic heterocycles. The van der Waals surface area contributed by atoms with Gasteiger partial charge in [-0.2, -0.15) is 0 Å². The molecule has 1 fully saturated rings. The van der Waals surface area contributed by atoms with Gasteiger partial charge in [0, 0.05) is 30.7 Å². The summed E-state index contributed by atoms with van der Waals surface area (Å²) in [6, 6.07) is 8.18. The van der Waals surface area contributed by atoms with Crippen molar-refractivity contribution in [2.24, 2.45) is 0 Å². The molecule has 2 aliphatic rings. The zero-order chi connectivity index (χ0) is 22.9. The van der Waals surface area contributed by atoms with Gasteiger partial charge >= 0.3 is 6.09 Å². The summed E-state index contributed by atoms with van der Waals surface area (Å²) in [5.74, 6) is 0. The van der Waals surface area contributed by atoms with Crippen LogP contribution < -0.4 is 0 Å². The number of carbonyl (C=O) groups excluding carboxylic acids is 1. The van der Waals surface area contributed by atoms with Crippen LogP contribution in [-0.2, 0) is 14.9 Å². The summed E-state index contributed by atoms with van der Waals surface area (Å²) in [5, 5.41) is 10.4. The standard InChI is InChI=1S/C21H29NO4.2C2H6/c1-5-25-18(23)16-14-21(17-9-7-6-8-15(16)17)10-12-22(13-11-21)19(24)26-20(2,3)4;2*1-2/h6-9,14,18,23H,5,10-13H2,1-4H3;2*1-2H3. The minimum Gasteiger partial charge on any atom is -0.444 e. The van der Waals surface area contributed by atoms with Gasteiger partial charge in [0.05, 0.1) is 0 Å². The van der Waals surface area contributed by atoms with Crippen molar-refractivity contribution in [3.05, 3.63) is 41.5 Å². The predicted molar refractivity (Wildman–Crippen MR) is 123 cm³/mol. The summed E-state index contributed by atoms with van der Waals surface area (Å²) in [6.07, 6.45) is 2.61. The molecule has 1 heterocycles. The van der Waals surface area contributed by atoms with Gasteiger partial charge < -0.3 is 19.5 Å². The van der Waals surface area contributed by atoms with Crippen LogP contribution in [0.25, 0.3) is 5.57 Å². The van der Waals surface area contributed by atoms with Crippen molar-refractivity contribution >= 4 is 11.7 Å². The van der Waals surface area contributed by atoms with E-state index in [2.05, 4.69) is 12.1 Å². The zero-order valence-electron chi connectivity index (χ0n) is 20.1. The molecule has 0 aromatic heterocycles. The van der Waals surface area contributed by atoms with Crippen LogP contribution in [0.15, 0.2) is 30.3 Å². The molecule has 1 atom stereocenters. The molecular weight excluding hydrogens is 378 g/mol. The van der Waals surface area contributed by atoms with Gasteiger partial charge in [0.1, 0.15) is 5.60 Å². The first-order valence-electron chi connectivity index (χ1n) is 11.4. The quantitative estimate of drug-likeness (QED) is 0.633. The average Bonchev–Trinajstić information content (AvgIpc) is 3.05. The molecule has 0 bridgehead atoms. The van der Waals surface area contributed by atoms with Crippen LogP contribution in [-0.4, -0.2) is 47.7 Å². The van der Waals surface area contributed by atoms with Crippen molar-refractivity contribution in [1.29, 1.82) is 0 Å². The highest BCUT2D eigenvalue weighted by atomic mass is 16.6. The summed E-state index contributed by atoms with van der Waals surface area (Å²) < 4.78 is 10.9. The van der Waals surface area contributed by atoms with Gasteiger partial charge in [-0.1, -0.05) is 58.0 Å². The van der Waals surface area contributed by atoms with Gasteiger partial charge in [-0.25, -0.2) is 4.79 Å². The van der Waals surface area contributed by atoms with Crippen LogP contribution in [0.2, 0.25) is 0 Å². The van der Waals surface area contributed by atoms with Crippen molar-refractivity contribution in [3.63, 3.8) is 0 Å². The van der Waals surface area contributed by atoms with E-state index in [0.29, 0.717) is 19.7 Å². The minimum atomic E-state index is -0.913. The Hall–Kier alpha value is -1.85. The Morgan fingerprint density at radius 1 is 1.13 bits per heavy atom. The maximum absolute atomic E-state index is 12.3. The van der Waals surface area contributed by atoms with Crippen LogP contribution >= 0.6 is 0 Å². The number of hydrogen-bond donors (Lipinski definition) is 1. The van der Waals surface area contributed by atoms with Crippen molar-refractivity contribution in [3.8, 4) is 0 Å².